The van der Waals surface area contributed by atoms with Gasteiger partial charge in [0.15, 0.2) is 0 Å². The van der Waals surface area contributed by atoms with Gasteiger partial charge in [0.1, 0.15) is 0 Å². The van der Waals surface area contributed by atoms with E-state index in [-0.39, 0.29) is 0 Å². The van der Waals surface area contributed by atoms with Gasteiger partial charge in [-0.25, -0.2) is 0 Å². The highest BCUT2D eigenvalue weighted by Crippen LogP contribution is 2.18. The SMILES string of the molecule is CCC(O)c1cc(C)nnc1C. The zero-order chi connectivity index (χ0) is 9.14. The molecular weight excluding hydrogens is 152 g/mol. The maximum absolute atomic E-state index is 9.57. The monoisotopic (exact) mass is 166 g/mol. The van der Waals surface area contributed by atoms with Crippen LogP contribution in [-0.2, 0) is 0 Å². The van der Waals surface area contributed by atoms with Crippen molar-refractivity contribution in [2.45, 2.75) is 33.3 Å². The van der Waals surface area contributed by atoms with Gasteiger partial charge in [-0.05, 0) is 26.3 Å². The average molecular weight is 166 g/mol. The molecule has 1 rings (SSSR count). The first-order valence-corrected chi connectivity index (χ1v) is 4.14. The van der Waals surface area contributed by atoms with Gasteiger partial charge >= 0.3 is 0 Å². The molecule has 1 heterocycles. The normalized spacial score (nSPS) is 13.0. The fraction of sp³-hybridized carbons (Fsp3) is 0.556. The van der Waals surface area contributed by atoms with Crippen LogP contribution in [0.4, 0.5) is 0 Å². The Morgan fingerprint density at radius 2 is 2.08 bits per heavy atom. The van der Waals surface area contributed by atoms with Crippen molar-refractivity contribution in [2.75, 3.05) is 0 Å². The van der Waals surface area contributed by atoms with Crippen LogP contribution < -0.4 is 0 Å². The maximum atomic E-state index is 9.57. The molecule has 3 heteroatoms. The highest BCUT2D eigenvalue weighted by atomic mass is 16.3. The van der Waals surface area contributed by atoms with Crippen LogP contribution in [0, 0.1) is 13.8 Å². The Kier molecular flexibility index (Phi) is 2.76. The smallest absolute Gasteiger partial charge is 0.0806 e. The van der Waals surface area contributed by atoms with E-state index in [1.54, 1.807) is 0 Å². The van der Waals surface area contributed by atoms with Gasteiger partial charge in [-0.3, -0.25) is 0 Å². The molecule has 0 aromatic carbocycles. The zero-order valence-electron chi connectivity index (χ0n) is 7.70. The Labute approximate surface area is 72.5 Å². The Morgan fingerprint density at radius 1 is 1.42 bits per heavy atom. The molecule has 0 saturated carbocycles. The minimum Gasteiger partial charge on any atom is -0.388 e. The van der Waals surface area contributed by atoms with Crippen LogP contribution in [0.25, 0.3) is 0 Å². The van der Waals surface area contributed by atoms with Crippen LogP contribution >= 0.6 is 0 Å². The Morgan fingerprint density at radius 3 is 2.67 bits per heavy atom. The molecule has 0 aliphatic carbocycles. The van der Waals surface area contributed by atoms with Gasteiger partial charge in [-0.15, -0.1) is 0 Å². The second-order valence-corrected chi connectivity index (χ2v) is 2.95. The van der Waals surface area contributed by atoms with Crippen LogP contribution in [0.3, 0.4) is 0 Å². The second-order valence-electron chi connectivity index (χ2n) is 2.95. The number of aliphatic hydroxyl groups excluding tert-OH is 1. The van der Waals surface area contributed by atoms with E-state index in [1.165, 1.54) is 0 Å². The van der Waals surface area contributed by atoms with Crippen LogP contribution in [0.1, 0.15) is 36.4 Å². The van der Waals surface area contributed by atoms with E-state index in [9.17, 15) is 5.11 Å². The summed E-state index contributed by atoms with van der Waals surface area (Å²) in [5.41, 5.74) is 2.56. The summed E-state index contributed by atoms with van der Waals surface area (Å²) in [6.07, 6.45) is 0.311. The number of aryl methyl sites for hydroxylation is 2. The molecule has 0 radical (unpaired) electrons. The second kappa shape index (κ2) is 3.63. The first-order chi connectivity index (χ1) is 5.65. The molecule has 0 aliphatic rings. The summed E-state index contributed by atoms with van der Waals surface area (Å²) in [6.45, 7) is 5.68. The number of nitrogens with zero attached hydrogens (tertiary/aromatic N) is 2. The molecule has 0 spiro atoms. The number of hydrogen-bond donors (Lipinski definition) is 1. The fourth-order valence-electron chi connectivity index (χ4n) is 1.13. The minimum atomic E-state index is -0.404. The molecule has 3 nitrogen and oxygen atoms in total. The molecule has 12 heavy (non-hydrogen) atoms. The molecule has 0 fully saturated rings. The molecule has 1 unspecified atom stereocenters. The number of aliphatic hydroxyl groups is 1. The number of hydrogen-bond acceptors (Lipinski definition) is 3. The van der Waals surface area contributed by atoms with Gasteiger partial charge in [0.25, 0.3) is 0 Å². The van der Waals surface area contributed by atoms with Gasteiger partial charge in [0.2, 0.25) is 0 Å². The third kappa shape index (κ3) is 1.80. The highest BCUT2D eigenvalue weighted by molar-refractivity contribution is 5.21. The van der Waals surface area contributed by atoms with E-state index in [1.807, 2.05) is 26.8 Å². The lowest BCUT2D eigenvalue weighted by atomic mass is 10.1. The Hall–Kier alpha value is -0.960. The van der Waals surface area contributed by atoms with Crippen molar-refractivity contribution in [3.8, 4) is 0 Å². The quantitative estimate of drug-likeness (QED) is 0.724. The molecule has 66 valence electrons. The third-order valence-electron chi connectivity index (χ3n) is 1.89. The van der Waals surface area contributed by atoms with Crippen LogP contribution in [-0.4, -0.2) is 15.3 Å². The molecule has 0 aliphatic heterocycles. The van der Waals surface area contributed by atoms with Crippen molar-refractivity contribution in [2.24, 2.45) is 0 Å². The molecule has 1 N–H and O–H groups in total. The minimum absolute atomic E-state index is 0.404. The first-order valence-electron chi connectivity index (χ1n) is 4.14. The molecular formula is C9H14N2O. The lowest BCUT2D eigenvalue weighted by Gasteiger charge is -2.10. The zero-order valence-corrected chi connectivity index (χ0v) is 7.70. The lowest BCUT2D eigenvalue weighted by Crippen LogP contribution is -2.02. The molecule has 1 atom stereocenters. The molecule has 0 saturated heterocycles. The summed E-state index contributed by atoms with van der Waals surface area (Å²) < 4.78 is 0. The molecule has 0 bridgehead atoms. The predicted octanol–water partition coefficient (Wildman–Crippen LogP) is 1.54. The van der Waals surface area contributed by atoms with Gasteiger partial charge < -0.3 is 5.11 Å². The van der Waals surface area contributed by atoms with Gasteiger partial charge in [0, 0.05) is 5.56 Å². The predicted molar refractivity (Wildman–Crippen MR) is 46.8 cm³/mol. The lowest BCUT2D eigenvalue weighted by molar-refractivity contribution is 0.172. The van der Waals surface area contributed by atoms with E-state index in [2.05, 4.69) is 10.2 Å². The van der Waals surface area contributed by atoms with Crippen LogP contribution in [0.5, 0.6) is 0 Å². The first kappa shape index (κ1) is 9.13. The Bertz CT molecular complexity index is 273. The van der Waals surface area contributed by atoms with Gasteiger partial charge in [-0.1, -0.05) is 6.92 Å². The third-order valence-corrected chi connectivity index (χ3v) is 1.89. The Balaban J connectivity index is 3.04. The van der Waals surface area contributed by atoms with E-state index in [4.69, 9.17) is 0 Å². The summed E-state index contributed by atoms with van der Waals surface area (Å²) in [6, 6.07) is 1.89. The maximum Gasteiger partial charge on any atom is 0.0806 e. The average Bonchev–Trinajstić information content (AvgIpc) is 2.08. The van der Waals surface area contributed by atoms with Crippen molar-refractivity contribution >= 4 is 0 Å². The number of rotatable bonds is 2. The van der Waals surface area contributed by atoms with Crippen LogP contribution in [0.2, 0.25) is 0 Å². The largest absolute Gasteiger partial charge is 0.388 e. The van der Waals surface area contributed by atoms with E-state index < -0.39 is 6.10 Å². The fourth-order valence-corrected chi connectivity index (χ4v) is 1.13. The van der Waals surface area contributed by atoms with E-state index in [0.717, 1.165) is 17.0 Å². The number of aromatic nitrogens is 2. The summed E-state index contributed by atoms with van der Waals surface area (Å²) >= 11 is 0. The van der Waals surface area contributed by atoms with Crippen molar-refractivity contribution in [3.05, 3.63) is 23.0 Å². The molecule has 0 amide bonds. The van der Waals surface area contributed by atoms with Crippen molar-refractivity contribution in [1.29, 1.82) is 0 Å². The van der Waals surface area contributed by atoms with E-state index >= 15 is 0 Å². The van der Waals surface area contributed by atoms with Crippen molar-refractivity contribution < 1.29 is 5.11 Å². The topological polar surface area (TPSA) is 46.0 Å². The van der Waals surface area contributed by atoms with Crippen molar-refractivity contribution in [1.82, 2.24) is 10.2 Å². The van der Waals surface area contributed by atoms with Gasteiger partial charge in [-0.2, -0.15) is 10.2 Å². The summed E-state index contributed by atoms with van der Waals surface area (Å²) in [5, 5.41) is 17.4. The van der Waals surface area contributed by atoms with Gasteiger partial charge in [0.05, 0.1) is 17.5 Å². The van der Waals surface area contributed by atoms with E-state index in [0.29, 0.717) is 6.42 Å². The summed E-state index contributed by atoms with van der Waals surface area (Å²) in [5.74, 6) is 0. The van der Waals surface area contributed by atoms with Crippen molar-refractivity contribution in [3.63, 3.8) is 0 Å². The summed E-state index contributed by atoms with van der Waals surface area (Å²) in [7, 11) is 0. The molecule has 1 aromatic rings. The highest BCUT2D eigenvalue weighted by Gasteiger charge is 2.09. The standard InChI is InChI=1S/C9H14N2O/c1-4-9(12)8-5-6(2)10-11-7(8)3/h5,9,12H,4H2,1-3H3. The molecule has 1 aromatic heterocycles. The van der Waals surface area contributed by atoms with Crippen LogP contribution in [0.15, 0.2) is 6.07 Å². The summed E-state index contributed by atoms with van der Waals surface area (Å²) in [4.78, 5) is 0.